The third kappa shape index (κ3) is 3.39. The van der Waals surface area contributed by atoms with E-state index in [4.69, 9.17) is 4.42 Å². The minimum atomic E-state index is 0.405. The number of furan rings is 1. The fourth-order valence-electron chi connectivity index (χ4n) is 2.56. The van der Waals surface area contributed by atoms with Crippen molar-refractivity contribution in [3.63, 3.8) is 0 Å². The number of rotatable bonds is 2. The summed E-state index contributed by atoms with van der Waals surface area (Å²) in [5.74, 6) is 1.24. The van der Waals surface area contributed by atoms with Crippen molar-refractivity contribution >= 4 is 11.5 Å². The van der Waals surface area contributed by atoms with Crippen LogP contribution in [0.2, 0.25) is 0 Å². The minimum Gasteiger partial charge on any atom is -0.463 e. The van der Waals surface area contributed by atoms with Gasteiger partial charge in [-0.15, -0.1) is 0 Å². The van der Waals surface area contributed by atoms with Gasteiger partial charge in [-0.05, 0) is 44.1 Å². The highest BCUT2D eigenvalue weighted by atomic mass is 16.3. The van der Waals surface area contributed by atoms with E-state index in [1.165, 1.54) is 32.4 Å². The van der Waals surface area contributed by atoms with E-state index in [2.05, 4.69) is 26.8 Å². The maximum absolute atomic E-state index is 9.26. The predicted molar refractivity (Wildman–Crippen MR) is 91.7 cm³/mol. The van der Waals surface area contributed by atoms with Gasteiger partial charge in [0.15, 0.2) is 11.4 Å². The second-order valence-electron chi connectivity index (χ2n) is 5.45. The van der Waals surface area contributed by atoms with Crippen molar-refractivity contribution in [1.29, 1.82) is 5.26 Å². The fourth-order valence-corrected chi connectivity index (χ4v) is 2.56. The van der Waals surface area contributed by atoms with Crippen molar-refractivity contribution in [2.45, 2.75) is 19.3 Å². The molecule has 2 N–H and O–H groups in total. The lowest BCUT2D eigenvalue weighted by molar-refractivity contribution is 0.520. The monoisotopic (exact) mass is 324 g/mol. The molecule has 0 spiro atoms. The number of fused-ring (bicyclic) bond motifs is 1. The molecule has 4 heterocycles. The van der Waals surface area contributed by atoms with Crippen LogP contribution in [0.15, 0.2) is 35.1 Å². The highest BCUT2D eigenvalue weighted by Crippen LogP contribution is 2.25. The molecule has 7 nitrogen and oxygen atoms in total. The van der Waals surface area contributed by atoms with Crippen molar-refractivity contribution in [2.24, 2.45) is 0 Å². The zero-order valence-electron chi connectivity index (χ0n) is 13.6. The number of nitrogens with zero attached hydrogens (tertiary/aromatic N) is 4. The van der Waals surface area contributed by atoms with Crippen molar-refractivity contribution in [2.75, 3.05) is 25.5 Å². The minimum absolute atomic E-state index is 0.405. The first-order valence-corrected chi connectivity index (χ1v) is 8.05. The zero-order chi connectivity index (χ0) is 16.8. The van der Waals surface area contributed by atoms with E-state index in [0.717, 1.165) is 0 Å². The van der Waals surface area contributed by atoms with Crippen molar-refractivity contribution in [3.8, 4) is 17.5 Å². The Morgan fingerprint density at radius 1 is 1.29 bits per heavy atom. The number of anilines is 1. The van der Waals surface area contributed by atoms with Gasteiger partial charge in [0.2, 0.25) is 0 Å². The molecule has 0 saturated carbocycles. The average Bonchev–Trinajstić information content (AvgIpc) is 3.30. The van der Waals surface area contributed by atoms with Crippen LogP contribution in [0.3, 0.4) is 0 Å². The highest BCUT2D eigenvalue weighted by molar-refractivity contribution is 5.72. The third-order valence-electron chi connectivity index (χ3n) is 3.81. The van der Waals surface area contributed by atoms with E-state index < -0.39 is 0 Å². The Labute approximate surface area is 140 Å². The predicted octanol–water partition coefficient (Wildman–Crippen LogP) is 2.66. The topological polar surface area (TPSA) is 91.2 Å². The number of nitrogens with one attached hydrogen (secondary N) is 2. The normalized spacial score (nSPS) is 13.8. The van der Waals surface area contributed by atoms with Gasteiger partial charge in [0.25, 0.3) is 0 Å². The molecule has 0 unspecified atom stereocenters. The molecule has 1 aliphatic heterocycles. The van der Waals surface area contributed by atoms with Gasteiger partial charge in [0.1, 0.15) is 23.1 Å². The molecule has 24 heavy (non-hydrogen) atoms. The van der Waals surface area contributed by atoms with Crippen molar-refractivity contribution < 1.29 is 4.42 Å². The first kappa shape index (κ1) is 16.0. The maximum atomic E-state index is 9.26. The summed E-state index contributed by atoms with van der Waals surface area (Å²) in [6.07, 6.45) is 7.52. The molecular weight excluding hydrogens is 304 g/mol. The molecule has 0 aliphatic carbocycles. The summed E-state index contributed by atoms with van der Waals surface area (Å²) in [6, 6.07) is 7.43. The molecule has 4 rings (SSSR count). The molecule has 0 atom stereocenters. The van der Waals surface area contributed by atoms with E-state index in [9.17, 15) is 5.26 Å². The first-order chi connectivity index (χ1) is 11.8. The van der Waals surface area contributed by atoms with Crippen LogP contribution in [0.4, 0.5) is 5.82 Å². The smallest absolute Gasteiger partial charge is 0.175 e. The van der Waals surface area contributed by atoms with Crippen molar-refractivity contribution in [1.82, 2.24) is 19.9 Å². The molecular formula is C17H20N6O. The fraction of sp³-hybridized carbons (Fsp3) is 0.353. The van der Waals surface area contributed by atoms with Crippen LogP contribution >= 0.6 is 0 Å². The Balaban J connectivity index is 0.000000238. The van der Waals surface area contributed by atoms with Gasteiger partial charge in [0.05, 0.1) is 6.26 Å². The molecule has 0 amide bonds. The standard InChI is InChI=1S/C12H9N5O.C5H11N/c1-14-10-4-5-17-12(15-10)8(7-13)11(16-17)9-3-2-6-18-9;1-2-4-6-5-3-1/h2-6H,1H3,(H,14,15);6H,1-5H2. The largest absolute Gasteiger partial charge is 0.463 e. The van der Waals surface area contributed by atoms with Crippen LogP contribution < -0.4 is 10.6 Å². The SMILES string of the molecule is C1CCNCC1.CNc1ccn2nc(-c3ccco3)c(C#N)c2n1. The van der Waals surface area contributed by atoms with E-state index in [-0.39, 0.29) is 0 Å². The van der Waals surface area contributed by atoms with Crippen molar-refractivity contribution in [3.05, 3.63) is 36.2 Å². The van der Waals surface area contributed by atoms with E-state index >= 15 is 0 Å². The van der Waals surface area contributed by atoms with Gasteiger partial charge >= 0.3 is 0 Å². The summed E-state index contributed by atoms with van der Waals surface area (Å²) in [7, 11) is 1.77. The van der Waals surface area contributed by atoms with Gasteiger partial charge in [-0.25, -0.2) is 9.50 Å². The van der Waals surface area contributed by atoms with Crippen LogP contribution in [-0.4, -0.2) is 34.7 Å². The van der Waals surface area contributed by atoms with Crippen LogP contribution in [0.1, 0.15) is 24.8 Å². The molecule has 1 saturated heterocycles. The van der Waals surface area contributed by atoms with Crippen LogP contribution in [0, 0.1) is 11.3 Å². The number of hydrogen-bond donors (Lipinski definition) is 2. The Hall–Kier alpha value is -2.85. The summed E-state index contributed by atoms with van der Waals surface area (Å²) in [5, 5.41) is 19.8. The van der Waals surface area contributed by atoms with Gasteiger partial charge in [-0.1, -0.05) is 6.42 Å². The third-order valence-corrected chi connectivity index (χ3v) is 3.81. The van der Waals surface area contributed by atoms with Crippen LogP contribution in [-0.2, 0) is 0 Å². The Kier molecular flexibility index (Phi) is 5.08. The molecule has 124 valence electrons. The van der Waals surface area contributed by atoms with Gasteiger partial charge in [0, 0.05) is 13.2 Å². The molecule has 7 heteroatoms. The second kappa shape index (κ2) is 7.62. The van der Waals surface area contributed by atoms with Gasteiger partial charge in [-0.3, -0.25) is 0 Å². The molecule has 3 aromatic heterocycles. The Morgan fingerprint density at radius 3 is 2.67 bits per heavy atom. The van der Waals surface area contributed by atoms with Crippen LogP contribution in [0.25, 0.3) is 17.1 Å². The van der Waals surface area contributed by atoms with Gasteiger partial charge in [-0.2, -0.15) is 10.4 Å². The summed E-state index contributed by atoms with van der Waals surface area (Å²) in [6.45, 7) is 2.50. The summed E-state index contributed by atoms with van der Waals surface area (Å²) in [4.78, 5) is 4.32. The molecule has 1 aliphatic rings. The average molecular weight is 324 g/mol. The van der Waals surface area contributed by atoms with E-state index in [1.807, 2.05) is 0 Å². The summed E-state index contributed by atoms with van der Waals surface area (Å²) >= 11 is 0. The molecule has 0 radical (unpaired) electrons. The number of nitriles is 1. The lowest BCUT2D eigenvalue weighted by atomic mass is 10.2. The number of aromatic nitrogens is 3. The summed E-state index contributed by atoms with van der Waals surface area (Å²) < 4.78 is 6.84. The first-order valence-electron chi connectivity index (χ1n) is 8.05. The Morgan fingerprint density at radius 2 is 2.12 bits per heavy atom. The second-order valence-corrected chi connectivity index (χ2v) is 5.45. The van der Waals surface area contributed by atoms with E-state index in [1.54, 1.807) is 42.2 Å². The Bertz CT molecular complexity index is 815. The van der Waals surface area contributed by atoms with E-state index in [0.29, 0.717) is 28.5 Å². The lowest BCUT2D eigenvalue weighted by Crippen LogP contribution is -2.21. The summed E-state index contributed by atoms with van der Waals surface area (Å²) in [5.41, 5.74) is 1.42. The lowest BCUT2D eigenvalue weighted by Gasteiger charge is -2.08. The van der Waals surface area contributed by atoms with Gasteiger partial charge < -0.3 is 15.1 Å². The number of piperidine rings is 1. The maximum Gasteiger partial charge on any atom is 0.175 e. The van der Waals surface area contributed by atoms with Crippen LogP contribution in [0.5, 0.6) is 0 Å². The number of hydrogen-bond acceptors (Lipinski definition) is 6. The molecule has 0 aromatic carbocycles. The zero-order valence-corrected chi connectivity index (χ0v) is 13.6. The highest BCUT2D eigenvalue weighted by Gasteiger charge is 2.17. The quantitative estimate of drug-likeness (QED) is 0.753. The molecule has 0 bridgehead atoms. The molecule has 1 fully saturated rings. The molecule has 3 aromatic rings.